The molecule has 0 aromatic heterocycles. The average molecular weight is 277 g/mol. The Morgan fingerprint density at radius 3 is 2.12 bits per heavy atom. The van der Waals surface area contributed by atoms with Gasteiger partial charge in [0.05, 0.1) is 7.11 Å². The predicted molar refractivity (Wildman–Crippen MR) is 53.4 cm³/mol. The van der Waals surface area contributed by atoms with Crippen molar-refractivity contribution in [2.45, 2.75) is 31.8 Å². The number of sulfonamides is 1. The van der Waals surface area contributed by atoms with Gasteiger partial charge in [-0.1, -0.05) is 13.8 Å². The standard InChI is InChI=1S/C8H14F3NO4S/c1-5(2)4-6(7(13)16-3)12-17(14,15)8(9,10)11/h5-6,12H,4H2,1-3H3/t6-/m0/s1. The summed E-state index contributed by atoms with van der Waals surface area (Å²) in [5, 5.41) is 0. The van der Waals surface area contributed by atoms with Crippen molar-refractivity contribution in [3.8, 4) is 0 Å². The van der Waals surface area contributed by atoms with Crippen LogP contribution >= 0.6 is 0 Å². The number of hydrogen-bond donors (Lipinski definition) is 1. The van der Waals surface area contributed by atoms with E-state index < -0.39 is 27.5 Å². The molecule has 0 aromatic rings. The van der Waals surface area contributed by atoms with Crippen molar-refractivity contribution in [1.29, 1.82) is 0 Å². The predicted octanol–water partition coefficient (Wildman–Crippen LogP) is 1.01. The van der Waals surface area contributed by atoms with Gasteiger partial charge in [-0.05, 0) is 12.3 Å². The first-order chi connectivity index (χ1) is 7.51. The van der Waals surface area contributed by atoms with Crippen LogP contribution in [0, 0.1) is 5.92 Å². The van der Waals surface area contributed by atoms with Crippen molar-refractivity contribution in [2.24, 2.45) is 5.92 Å². The molecule has 0 amide bonds. The maximum atomic E-state index is 12.1. The molecule has 0 aliphatic carbocycles. The minimum atomic E-state index is -5.55. The van der Waals surface area contributed by atoms with Gasteiger partial charge >= 0.3 is 21.5 Å². The number of carbonyl (C=O) groups excluding carboxylic acids is 1. The van der Waals surface area contributed by atoms with Crippen LogP contribution < -0.4 is 4.72 Å². The third-order valence-electron chi connectivity index (χ3n) is 1.79. The number of carbonyl (C=O) groups is 1. The lowest BCUT2D eigenvalue weighted by Gasteiger charge is -2.19. The maximum Gasteiger partial charge on any atom is 0.511 e. The van der Waals surface area contributed by atoms with Crippen molar-refractivity contribution < 1.29 is 31.1 Å². The van der Waals surface area contributed by atoms with E-state index >= 15 is 0 Å². The first kappa shape index (κ1) is 16.2. The maximum absolute atomic E-state index is 12.1. The summed E-state index contributed by atoms with van der Waals surface area (Å²) in [4.78, 5) is 11.1. The van der Waals surface area contributed by atoms with Crippen molar-refractivity contribution in [3.05, 3.63) is 0 Å². The normalized spacial score (nSPS) is 14.8. The number of esters is 1. The minimum absolute atomic E-state index is 0.0814. The van der Waals surface area contributed by atoms with Crippen molar-refractivity contribution >= 4 is 16.0 Å². The summed E-state index contributed by atoms with van der Waals surface area (Å²) >= 11 is 0. The first-order valence-electron chi connectivity index (χ1n) is 4.67. The van der Waals surface area contributed by atoms with E-state index in [1.165, 1.54) is 4.72 Å². The van der Waals surface area contributed by atoms with Gasteiger partial charge in [0.1, 0.15) is 6.04 Å². The molecule has 1 N–H and O–H groups in total. The van der Waals surface area contributed by atoms with E-state index in [-0.39, 0.29) is 12.3 Å². The van der Waals surface area contributed by atoms with E-state index in [9.17, 15) is 26.4 Å². The number of nitrogens with one attached hydrogen (secondary N) is 1. The minimum Gasteiger partial charge on any atom is -0.468 e. The van der Waals surface area contributed by atoms with Gasteiger partial charge in [0.2, 0.25) is 0 Å². The lowest BCUT2D eigenvalue weighted by atomic mass is 10.1. The molecular formula is C8H14F3NO4S. The highest BCUT2D eigenvalue weighted by molar-refractivity contribution is 7.90. The molecule has 0 spiro atoms. The molecule has 0 rings (SSSR count). The largest absolute Gasteiger partial charge is 0.511 e. The molecule has 0 saturated carbocycles. The van der Waals surface area contributed by atoms with Gasteiger partial charge in [-0.2, -0.15) is 17.9 Å². The van der Waals surface area contributed by atoms with Crippen LogP contribution in [-0.2, 0) is 19.6 Å². The summed E-state index contributed by atoms with van der Waals surface area (Å²) in [6, 6.07) is -1.54. The SMILES string of the molecule is COC(=O)[C@H](CC(C)C)NS(=O)(=O)C(F)(F)F. The first-order valence-corrected chi connectivity index (χ1v) is 6.16. The molecule has 0 aliphatic heterocycles. The highest BCUT2D eigenvalue weighted by atomic mass is 32.2. The van der Waals surface area contributed by atoms with E-state index in [2.05, 4.69) is 4.74 Å². The van der Waals surface area contributed by atoms with Crippen molar-refractivity contribution in [3.63, 3.8) is 0 Å². The van der Waals surface area contributed by atoms with Crippen LogP contribution in [0.15, 0.2) is 0 Å². The molecule has 0 aromatic carbocycles. The van der Waals surface area contributed by atoms with Gasteiger partial charge in [-0.15, -0.1) is 0 Å². The Labute approximate surface area is 97.4 Å². The van der Waals surface area contributed by atoms with E-state index in [0.717, 1.165) is 7.11 Å². The molecule has 0 unspecified atom stereocenters. The zero-order valence-electron chi connectivity index (χ0n) is 9.54. The third kappa shape index (κ3) is 4.90. The van der Waals surface area contributed by atoms with Gasteiger partial charge in [0.15, 0.2) is 0 Å². The fourth-order valence-electron chi connectivity index (χ4n) is 1.06. The highest BCUT2D eigenvalue weighted by Crippen LogP contribution is 2.23. The second-order valence-electron chi connectivity index (χ2n) is 3.77. The molecular weight excluding hydrogens is 263 g/mol. The molecule has 0 bridgehead atoms. The second-order valence-corrected chi connectivity index (χ2v) is 5.48. The molecule has 0 saturated heterocycles. The lowest BCUT2D eigenvalue weighted by molar-refractivity contribution is -0.143. The topological polar surface area (TPSA) is 72.5 Å². The van der Waals surface area contributed by atoms with Gasteiger partial charge in [0, 0.05) is 0 Å². The molecule has 5 nitrogen and oxygen atoms in total. The number of alkyl halides is 3. The summed E-state index contributed by atoms with van der Waals surface area (Å²) < 4.78 is 63.5. The zero-order valence-corrected chi connectivity index (χ0v) is 10.4. The summed E-state index contributed by atoms with van der Waals surface area (Å²) in [6.45, 7) is 3.27. The molecule has 102 valence electrons. The number of hydrogen-bond acceptors (Lipinski definition) is 4. The van der Waals surface area contributed by atoms with Crippen LogP contribution in [0.3, 0.4) is 0 Å². The lowest BCUT2D eigenvalue weighted by Crippen LogP contribution is -2.47. The quantitative estimate of drug-likeness (QED) is 0.761. The zero-order chi connectivity index (χ0) is 13.9. The summed E-state index contributed by atoms with van der Waals surface area (Å²) in [6.07, 6.45) is -0.0814. The molecule has 0 fully saturated rings. The van der Waals surface area contributed by atoms with Gasteiger partial charge in [-0.3, -0.25) is 4.79 Å². The monoisotopic (exact) mass is 277 g/mol. The van der Waals surface area contributed by atoms with Gasteiger partial charge in [-0.25, -0.2) is 8.42 Å². The smallest absolute Gasteiger partial charge is 0.468 e. The van der Waals surface area contributed by atoms with Crippen molar-refractivity contribution in [1.82, 2.24) is 4.72 Å². The third-order valence-corrected chi connectivity index (χ3v) is 3.00. The van der Waals surface area contributed by atoms with Crippen molar-refractivity contribution in [2.75, 3.05) is 7.11 Å². The van der Waals surface area contributed by atoms with E-state index in [1.54, 1.807) is 13.8 Å². The average Bonchev–Trinajstić information content (AvgIpc) is 2.12. The molecule has 0 radical (unpaired) electrons. The summed E-state index contributed by atoms with van der Waals surface area (Å²) in [5.41, 5.74) is -5.45. The summed E-state index contributed by atoms with van der Waals surface area (Å²) in [5.74, 6) is -1.22. The van der Waals surface area contributed by atoms with Gasteiger partial charge < -0.3 is 4.74 Å². The summed E-state index contributed by atoms with van der Waals surface area (Å²) in [7, 11) is -4.58. The Hall–Kier alpha value is -0.830. The molecule has 1 atom stereocenters. The molecule has 0 aliphatic rings. The Kier molecular flexibility index (Phi) is 5.40. The van der Waals surface area contributed by atoms with Crippen LogP contribution in [0.5, 0.6) is 0 Å². The Bertz CT molecular complexity index is 363. The second kappa shape index (κ2) is 5.67. The Morgan fingerprint density at radius 2 is 1.82 bits per heavy atom. The highest BCUT2D eigenvalue weighted by Gasteiger charge is 2.47. The van der Waals surface area contributed by atoms with Crippen LogP contribution in [0.4, 0.5) is 13.2 Å². The molecule has 17 heavy (non-hydrogen) atoms. The van der Waals surface area contributed by atoms with Crippen LogP contribution in [0.25, 0.3) is 0 Å². The van der Waals surface area contributed by atoms with Gasteiger partial charge in [0.25, 0.3) is 0 Å². The Balaban J connectivity index is 4.94. The fraction of sp³-hybridized carbons (Fsp3) is 0.875. The molecule has 0 heterocycles. The fourth-order valence-corrected chi connectivity index (χ4v) is 1.76. The number of halogens is 3. The van der Waals surface area contributed by atoms with Crippen LogP contribution in [0.2, 0.25) is 0 Å². The number of methoxy groups -OCH3 is 1. The van der Waals surface area contributed by atoms with E-state index in [1.807, 2.05) is 0 Å². The number of ether oxygens (including phenoxy) is 1. The van der Waals surface area contributed by atoms with Crippen LogP contribution in [-0.4, -0.2) is 33.0 Å². The molecule has 9 heteroatoms. The van der Waals surface area contributed by atoms with E-state index in [0.29, 0.717) is 0 Å². The Morgan fingerprint density at radius 1 is 1.35 bits per heavy atom. The van der Waals surface area contributed by atoms with E-state index in [4.69, 9.17) is 0 Å². The number of rotatable bonds is 5. The van der Waals surface area contributed by atoms with Crippen LogP contribution in [0.1, 0.15) is 20.3 Å².